The first-order valence-corrected chi connectivity index (χ1v) is 6.59. The Labute approximate surface area is 108 Å². The molecule has 0 fully saturated rings. The van der Waals surface area contributed by atoms with Crippen molar-refractivity contribution in [1.29, 1.82) is 0 Å². The largest absolute Gasteiger partial charge is 0.388 e. The number of anilines is 1. The van der Waals surface area contributed by atoms with Gasteiger partial charge >= 0.3 is 11.6 Å². The van der Waals surface area contributed by atoms with Crippen LogP contribution >= 0.6 is 11.3 Å². The minimum atomic E-state index is -0.341. The van der Waals surface area contributed by atoms with Gasteiger partial charge < -0.3 is 9.73 Å². The number of aryl methyl sites for hydroxylation is 1. The Morgan fingerprint density at radius 2 is 2.33 bits per heavy atom. The molecule has 0 spiro atoms. The summed E-state index contributed by atoms with van der Waals surface area (Å²) in [4.78, 5) is 17.9. The maximum atomic E-state index is 11.8. The van der Waals surface area contributed by atoms with Crippen molar-refractivity contribution in [3.8, 4) is 0 Å². The maximum absolute atomic E-state index is 11.8. The van der Waals surface area contributed by atoms with E-state index < -0.39 is 0 Å². The summed E-state index contributed by atoms with van der Waals surface area (Å²) in [6.07, 6.45) is 8.14. The van der Waals surface area contributed by atoms with Crippen LogP contribution in [0.5, 0.6) is 0 Å². The van der Waals surface area contributed by atoms with Crippen molar-refractivity contribution in [3.05, 3.63) is 45.3 Å². The van der Waals surface area contributed by atoms with Crippen LogP contribution in [-0.4, -0.2) is 4.98 Å². The van der Waals surface area contributed by atoms with Crippen molar-refractivity contribution in [2.75, 3.05) is 5.32 Å². The van der Waals surface area contributed by atoms with Crippen LogP contribution in [0.25, 0.3) is 10.2 Å². The Bertz CT molecular complexity index is 709. The number of fused-ring (bicyclic) bond motifs is 1. The Morgan fingerprint density at radius 3 is 3.11 bits per heavy atom. The summed E-state index contributed by atoms with van der Waals surface area (Å²) >= 11 is 1.49. The molecule has 0 saturated carbocycles. The molecule has 4 nitrogen and oxygen atoms in total. The second kappa shape index (κ2) is 4.42. The first-order valence-electron chi connectivity index (χ1n) is 5.77. The lowest BCUT2D eigenvalue weighted by Gasteiger charge is -2.07. The number of nitrogens with one attached hydrogen (secondary N) is 1. The molecule has 18 heavy (non-hydrogen) atoms. The number of rotatable bonds is 2. The smallest absolute Gasteiger partial charge is 0.349 e. The molecule has 0 atom stereocenters. The topological polar surface area (TPSA) is 55.1 Å². The number of thiophene rings is 1. The lowest BCUT2D eigenvalue weighted by atomic mass is 10.1. The van der Waals surface area contributed by atoms with E-state index in [4.69, 9.17) is 4.42 Å². The van der Waals surface area contributed by atoms with Gasteiger partial charge in [-0.2, -0.15) is 4.98 Å². The van der Waals surface area contributed by atoms with Gasteiger partial charge in [0.2, 0.25) is 0 Å². The molecular weight excluding hydrogens is 248 g/mol. The van der Waals surface area contributed by atoms with E-state index in [1.807, 2.05) is 19.1 Å². The van der Waals surface area contributed by atoms with Crippen LogP contribution in [0.3, 0.4) is 0 Å². The highest BCUT2D eigenvalue weighted by atomic mass is 32.1. The van der Waals surface area contributed by atoms with E-state index >= 15 is 0 Å². The standard InChI is InChI=1S/C13H12N2O2S/c1-8-7-10-11(18-8)15-13(17-12(10)16)14-9-5-3-2-4-6-9/h3,5-7H,2,4H2,1H3,(H,14,15). The van der Waals surface area contributed by atoms with E-state index in [-0.39, 0.29) is 11.6 Å². The van der Waals surface area contributed by atoms with E-state index in [1.54, 1.807) is 0 Å². The van der Waals surface area contributed by atoms with Gasteiger partial charge in [-0.3, -0.25) is 0 Å². The van der Waals surface area contributed by atoms with Crippen molar-refractivity contribution in [3.63, 3.8) is 0 Å². The summed E-state index contributed by atoms with van der Waals surface area (Å²) in [5, 5.41) is 3.58. The molecule has 2 heterocycles. The fourth-order valence-electron chi connectivity index (χ4n) is 1.87. The minimum absolute atomic E-state index is 0.257. The van der Waals surface area contributed by atoms with E-state index in [2.05, 4.69) is 22.5 Å². The molecule has 0 unspecified atom stereocenters. The number of allylic oxidation sites excluding steroid dienone is 3. The van der Waals surface area contributed by atoms with E-state index in [0.29, 0.717) is 10.2 Å². The summed E-state index contributed by atoms with van der Waals surface area (Å²) < 4.78 is 5.16. The predicted molar refractivity (Wildman–Crippen MR) is 73.0 cm³/mol. The van der Waals surface area contributed by atoms with Gasteiger partial charge in [-0.15, -0.1) is 11.3 Å². The van der Waals surface area contributed by atoms with Crippen molar-refractivity contribution in [2.45, 2.75) is 19.8 Å². The molecule has 2 aromatic rings. The van der Waals surface area contributed by atoms with Crippen LogP contribution < -0.4 is 10.9 Å². The average Bonchev–Trinajstić information content (AvgIpc) is 2.72. The molecule has 1 aliphatic carbocycles. The second-order valence-electron chi connectivity index (χ2n) is 4.15. The highest BCUT2D eigenvalue weighted by Crippen LogP contribution is 2.22. The van der Waals surface area contributed by atoms with Crippen molar-refractivity contribution in [2.24, 2.45) is 0 Å². The van der Waals surface area contributed by atoms with Gasteiger partial charge in [0.25, 0.3) is 0 Å². The van der Waals surface area contributed by atoms with Gasteiger partial charge in [0, 0.05) is 10.6 Å². The molecule has 1 N–H and O–H groups in total. The number of aromatic nitrogens is 1. The molecule has 3 rings (SSSR count). The van der Waals surface area contributed by atoms with Crippen molar-refractivity contribution < 1.29 is 4.42 Å². The molecule has 0 aliphatic heterocycles. The zero-order valence-electron chi connectivity index (χ0n) is 9.90. The van der Waals surface area contributed by atoms with Gasteiger partial charge in [-0.1, -0.05) is 12.2 Å². The monoisotopic (exact) mass is 260 g/mol. The zero-order valence-corrected chi connectivity index (χ0v) is 10.7. The van der Waals surface area contributed by atoms with Crippen LogP contribution in [0.4, 0.5) is 6.01 Å². The van der Waals surface area contributed by atoms with Gasteiger partial charge in [0.15, 0.2) is 0 Å². The van der Waals surface area contributed by atoms with Gasteiger partial charge in [-0.25, -0.2) is 4.79 Å². The predicted octanol–water partition coefficient (Wildman–Crippen LogP) is 3.20. The zero-order chi connectivity index (χ0) is 12.5. The minimum Gasteiger partial charge on any atom is -0.388 e. The summed E-state index contributed by atoms with van der Waals surface area (Å²) in [5.74, 6) is 0. The Hall–Kier alpha value is -1.88. The molecule has 0 aromatic carbocycles. The third-order valence-corrected chi connectivity index (χ3v) is 3.64. The first kappa shape index (κ1) is 11.2. The number of hydrogen-bond donors (Lipinski definition) is 1. The maximum Gasteiger partial charge on any atom is 0.349 e. The molecule has 5 heteroatoms. The highest BCUT2D eigenvalue weighted by Gasteiger charge is 2.09. The quantitative estimate of drug-likeness (QED) is 0.900. The third kappa shape index (κ3) is 2.09. The molecule has 92 valence electrons. The third-order valence-electron chi connectivity index (χ3n) is 2.69. The van der Waals surface area contributed by atoms with E-state index in [1.165, 1.54) is 11.3 Å². The lowest BCUT2D eigenvalue weighted by molar-refractivity contribution is 0.521. The molecule has 0 radical (unpaired) electrons. The molecule has 2 aromatic heterocycles. The Kier molecular flexibility index (Phi) is 2.76. The SMILES string of the molecule is Cc1cc2c(=O)oc(NC3=CCCC=C3)nc2s1. The van der Waals surface area contributed by atoms with Crippen LogP contribution in [0.1, 0.15) is 17.7 Å². The number of hydrogen-bond acceptors (Lipinski definition) is 5. The van der Waals surface area contributed by atoms with Gasteiger partial charge in [0.05, 0.1) is 5.39 Å². The van der Waals surface area contributed by atoms with Gasteiger partial charge in [-0.05, 0) is 31.9 Å². The number of nitrogens with zero attached hydrogens (tertiary/aromatic N) is 1. The Morgan fingerprint density at radius 1 is 1.44 bits per heavy atom. The molecular formula is C13H12N2O2S. The van der Waals surface area contributed by atoms with E-state index in [0.717, 1.165) is 23.4 Å². The fourth-order valence-corrected chi connectivity index (χ4v) is 2.73. The van der Waals surface area contributed by atoms with E-state index in [9.17, 15) is 4.79 Å². The summed E-state index contributed by atoms with van der Waals surface area (Å²) in [7, 11) is 0. The van der Waals surface area contributed by atoms with Crippen LogP contribution in [-0.2, 0) is 0 Å². The average molecular weight is 260 g/mol. The second-order valence-corrected chi connectivity index (χ2v) is 5.38. The first-order chi connectivity index (χ1) is 8.72. The molecule has 0 saturated heterocycles. The Balaban J connectivity index is 2.00. The van der Waals surface area contributed by atoms with Crippen molar-refractivity contribution in [1.82, 2.24) is 4.98 Å². The molecule has 0 bridgehead atoms. The highest BCUT2D eigenvalue weighted by molar-refractivity contribution is 7.18. The van der Waals surface area contributed by atoms with Crippen molar-refractivity contribution >= 4 is 27.6 Å². The van der Waals surface area contributed by atoms with Gasteiger partial charge in [0.1, 0.15) is 4.83 Å². The molecule has 0 amide bonds. The van der Waals surface area contributed by atoms with Crippen LogP contribution in [0.15, 0.2) is 39.2 Å². The summed E-state index contributed by atoms with van der Waals surface area (Å²) in [5.41, 5.74) is 0.580. The summed E-state index contributed by atoms with van der Waals surface area (Å²) in [6.45, 7) is 1.95. The van der Waals surface area contributed by atoms with Crippen LogP contribution in [0.2, 0.25) is 0 Å². The van der Waals surface area contributed by atoms with Crippen LogP contribution in [0, 0.1) is 6.92 Å². The summed E-state index contributed by atoms with van der Waals surface area (Å²) in [6, 6.07) is 2.06. The fraction of sp³-hybridized carbons (Fsp3) is 0.231. The molecule has 1 aliphatic rings. The normalized spacial score (nSPS) is 14.8. The lowest BCUT2D eigenvalue weighted by Crippen LogP contribution is -2.06.